The molecule has 0 spiro atoms. The van der Waals surface area contributed by atoms with Crippen LogP contribution in [0.1, 0.15) is 18.4 Å². The van der Waals surface area contributed by atoms with E-state index in [4.69, 9.17) is 9.72 Å². The number of methoxy groups -OCH3 is 1. The molecule has 0 saturated carbocycles. The van der Waals surface area contributed by atoms with Gasteiger partial charge < -0.3 is 19.4 Å². The fraction of sp³-hybridized carbons (Fsp3) is 0.280. The van der Waals surface area contributed by atoms with Crippen LogP contribution in [0.25, 0.3) is 16.9 Å². The lowest BCUT2D eigenvalue weighted by Crippen LogP contribution is -2.39. The molecule has 0 atom stereocenters. The van der Waals surface area contributed by atoms with Gasteiger partial charge in [-0.2, -0.15) is 4.98 Å². The lowest BCUT2D eigenvalue weighted by molar-refractivity contribution is -0.120. The summed E-state index contributed by atoms with van der Waals surface area (Å²) < 4.78 is 7.21. The number of rotatable bonds is 5. The van der Waals surface area contributed by atoms with Crippen molar-refractivity contribution < 1.29 is 9.53 Å². The highest BCUT2D eigenvalue weighted by atomic mass is 16.5. The standard InChI is InChI=1S/C25H26N6O2/c1-17-4-3-13-31-16-21(28-23(17)31)18-5-7-20(8-6-18)27-24(32)19-10-14-30(15-11-19)25-26-12-9-22(29-25)33-2/h3-9,12-13,16,19H,10-11,14-15H2,1-2H3,(H,27,32). The summed E-state index contributed by atoms with van der Waals surface area (Å²) in [7, 11) is 1.59. The summed E-state index contributed by atoms with van der Waals surface area (Å²) in [6.45, 7) is 3.52. The van der Waals surface area contributed by atoms with E-state index in [0.29, 0.717) is 11.8 Å². The SMILES string of the molecule is COc1ccnc(N2CCC(C(=O)Nc3ccc(-c4cn5cccc(C)c5n4)cc3)CC2)n1. The maximum absolute atomic E-state index is 12.8. The van der Waals surface area contributed by atoms with Crippen LogP contribution in [0.2, 0.25) is 0 Å². The van der Waals surface area contributed by atoms with E-state index in [9.17, 15) is 4.79 Å². The second-order valence-electron chi connectivity index (χ2n) is 8.28. The number of benzene rings is 1. The first-order chi connectivity index (χ1) is 16.1. The topological polar surface area (TPSA) is 84.7 Å². The summed E-state index contributed by atoms with van der Waals surface area (Å²) in [5.74, 6) is 1.21. The molecular formula is C25H26N6O2. The van der Waals surface area contributed by atoms with Crippen LogP contribution in [0.3, 0.4) is 0 Å². The van der Waals surface area contributed by atoms with Gasteiger partial charge in [-0.1, -0.05) is 18.2 Å². The minimum absolute atomic E-state index is 0.0343. The minimum Gasteiger partial charge on any atom is -0.481 e. The molecule has 168 valence electrons. The summed E-state index contributed by atoms with van der Waals surface area (Å²) in [6, 6.07) is 13.7. The highest BCUT2D eigenvalue weighted by Crippen LogP contribution is 2.25. The van der Waals surface area contributed by atoms with Crippen molar-refractivity contribution in [2.45, 2.75) is 19.8 Å². The molecule has 1 saturated heterocycles. The Balaban J connectivity index is 1.20. The Morgan fingerprint density at radius 1 is 1.09 bits per heavy atom. The third-order valence-electron chi connectivity index (χ3n) is 6.10. The molecule has 0 unspecified atom stereocenters. The first-order valence-corrected chi connectivity index (χ1v) is 11.1. The fourth-order valence-corrected chi connectivity index (χ4v) is 4.20. The summed E-state index contributed by atoms with van der Waals surface area (Å²) >= 11 is 0. The molecular weight excluding hydrogens is 416 g/mol. The molecule has 1 fully saturated rings. The number of aryl methyl sites for hydroxylation is 1. The van der Waals surface area contributed by atoms with Crippen LogP contribution >= 0.6 is 0 Å². The van der Waals surface area contributed by atoms with Crippen molar-refractivity contribution >= 4 is 23.2 Å². The number of aromatic nitrogens is 4. The first kappa shape index (κ1) is 20.9. The Morgan fingerprint density at radius 3 is 2.61 bits per heavy atom. The maximum Gasteiger partial charge on any atom is 0.228 e. The Labute approximate surface area is 192 Å². The zero-order chi connectivity index (χ0) is 22.8. The van der Waals surface area contributed by atoms with E-state index in [2.05, 4.69) is 33.2 Å². The summed E-state index contributed by atoms with van der Waals surface area (Å²) in [6.07, 6.45) is 7.22. The van der Waals surface area contributed by atoms with Gasteiger partial charge >= 0.3 is 0 Å². The maximum atomic E-state index is 12.8. The molecule has 0 radical (unpaired) electrons. The van der Waals surface area contributed by atoms with E-state index in [1.807, 2.05) is 47.1 Å². The van der Waals surface area contributed by atoms with E-state index in [1.165, 1.54) is 0 Å². The largest absolute Gasteiger partial charge is 0.481 e. The number of carbonyl (C=O) groups excluding carboxylic acids is 1. The van der Waals surface area contributed by atoms with Crippen molar-refractivity contribution in [3.8, 4) is 17.1 Å². The molecule has 1 aliphatic rings. The van der Waals surface area contributed by atoms with Gasteiger partial charge in [-0.25, -0.2) is 9.97 Å². The smallest absolute Gasteiger partial charge is 0.228 e. The van der Waals surface area contributed by atoms with Gasteiger partial charge in [-0.05, 0) is 43.5 Å². The van der Waals surface area contributed by atoms with Gasteiger partial charge in [-0.15, -0.1) is 0 Å². The molecule has 8 heteroatoms. The second kappa shape index (κ2) is 8.90. The number of anilines is 2. The van der Waals surface area contributed by atoms with Crippen molar-refractivity contribution in [3.63, 3.8) is 0 Å². The molecule has 1 aliphatic heterocycles. The number of carbonyl (C=O) groups is 1. The molecule has 4 aromatic rings. The Bertz CT molecular complexity index is 1280. The second-order valence-corrected chi connectivity index (χ2v) is 8.28. The molecule has 3 aromatic heterocycles. The Hall–Kier alpha value is -3.94. The van der Waals surface area contributed by atoms with Crippen LogP contribution in [0.15, 0.2) is 61.1 Å². The molecule has 0 bridgehead atoms. The molecule has 8 nitrogen and oxygen atoms in total. The van der Waals surface area contributed by atoms with E-state index in [1.54, 1.807) is 19.4 Å². The molecule has 1 aromatic carbocycles. The average molecular weight is 443 g/mol. The minimum atomic E-state index is -0.0343. The molecule has 33 heavy (non-hydrogen) atoms. The van der Waals surface area contributed by atoms with Crippen molar-refractivity contribution in [2.24, 2.45) is 5.92 Å². The zero-order valence-corrected chi connectivity index (χ0v) is 18.7. The van der Waals surface area contributed by atoms with Crippen LogP contribution in [0.5, 0.6) is 5.88 Å². The zero-order valence-electron chi connectivity index (χ0n) is 18.7. The predicted molar refractivity (Wildman–Crippen MR) is 128 cm³/mol. The van der Waals surface area contributed by atoms with Crippen LogP contribution in [-0.4, -0.2) is 45.5 Å². The number of hydrogen-bond acceptors (Lipinski definition) is 6. The summed E-state index contributed by atoms with van der Waals surface area (Å²) in [4.78, 5) is 28.4. The molecule has 1 amide bonds. The van der Waals surface area contributed by atoms with Crippen molar-refractivity contribution in [1.29, 1.82) is 0 Å². The van der Waals surface area contributed by atoms with Gasteiger partial charge in [0.25, 0.3) is 0 Å². The third-order valence-corrected chi connectivity index (χ3v) is 6.10. The number of hydrogen-bond donors (Lipinski definition) is 1. The number of amides is 1. The molecule has 4 heterocycles. The van der Waals surface area contributed by atoms with Gasteiger partial charge in [0.2, 0.25) is 17.7 Å². The van der Waals surface area contributed by atoms with Gasteiger partial charge in [0.05, 0.1) is 12.8 Å². The van der Waals surface area contributed by atoms with Crippen LogP contribution < -0.4 is 15.0 Å². The van der Waals surface area contributed by atoms with Gasteiger partial charge in [0.15, 0.2) is 0 Å². The highest BCUT2D eigenvalue weighted by Gasteiger charge is 2.26. The third kappa shape index (κ3) is 4.37. The average Bonchev–Trinajstić information content (AvgIpc) is 3.30. The number of ether oxygens (including phenoxy) is 1. The van der Waals surface area contributed by atoms with Crippen LogP contribution in [-0.2, 0) is 4.79 Å². The van der Waals surface area contributed by atoms with E-state index in [-0.39, 0.29) is 11.8 Å². The lowest BCUT2D eigenvalue weighted by atomic mass is 9.96. The summed E-state index contributed by atoms with van der Waals surface area (Å²) in [5, 5.41) is 3.06. The number of pyridine rings is 1. The first-order valence-electron chi connectivity index (χ1n) is 11.1. The highest BCUT2D eigenvalue weighted by molar-refractivity contribution is 5.93. The van der Waals surface area contributed by atoms with Crippen molar-refractivity contribution in [3.05, 3.63) is 66.6 Å². The predicted octanol–water partition coefficient (Wildman–Crippen LogP) is 3.96. The number of imidazole rings is 1. The molecule has 5 rings (SSSR count). The normalized spacial score (nSPS) is 14.4. The quantitative estimate of drug-likeness (QED) is 0.504. The van der Waals surface area contributed by atoms with E-state index < -0.39 is 0 Å². The van der Waals surface area contributed by atoms with E-state index in [0.717, 1.165) is 54.1 Å². The van der Waals surface area contributed by atoms with E-state index >= 15 is 0 Å². The van der Waals surface area contributed by atoms with Gasteiger partial charge in [0.1, 0.15) is 5.65 Å². The summed E-state index contributed by atoms with van der Waals surface area (Å²) in [5.41, 5.74) is 4.81. The van der Waals surface area contributed by atoms with Gasteiger partial charge in [0, 0.05) is 54.9 Å². The molecule has 0 aliphatic carbocycles. The monoisotopic (exact) mass is 442 g/mol. The number of nitrogens with zero attached hydrogens (tertiary/aromatic N) is 5. The molecule has 1 N–H and O–H groups in total. The van der Waals surface area contributed by atoms with Crippen LogP contribution in [0.4, 0.5) is 11.6 Å². The number of piperidine rings is 1. The Morgan fingerprint density at radius 2 is 1.88 bits per heavy atom. The van der Waals surface area contributed by atoms with Gasteiger partial charge in [-0.3, -0.25) is 4.79 Å². The fourth-order valence-electron chi connectivity index (χ4n) is 4.20. The number of fused-ring (bicyclic) bond motifs is 1. The lowest BCUT2D eigenvalue weighted by Gasteiger charge is -2.31. The van der Waals surface area contributed by atoms with Crippen molar-refractivity contribution in [2.75, 3.05) is 30.4 Å². The van der Waals surface area contributed by atoms with Crippen molar-refractivity contribution in [1.82, 2.24) is 19.4 Å². The Kier molecular flexibility index (Phi) is 5.64. The number of nitrogens with one attached hydrogen (secondary N) is 1. The van der Waals surface area contributed by atoms with Crippen LogP contribution in [0, 0.1) is 12.8 Å².